The lowest BCUT2D eigenvalue weighted by atomic mass is 9.87. The smallest absolute Gasteiger partial charge is 0.325 e. The lowest BCUT2D eigenvalue weighted by molar-refractivity contribution is -0.135. The third-order valence-corrected chi connectivity index (χ3v) is 4.78. The molecule has 2 aromatic carbocycles. The molecule has 1 atom stereocenters. The SMILES string of the molecule is CC[C@]1(c2ccc(F)cc2)NC(=O)N(CC(=O)NCCOc2ccccc2)C1=O. The highest BCUT2D eigenvalue weighted by Crippen LogP contribution is 2.32. The average molecular weight is 399 g/mol. The molecule has 7 nitrogen and oxygen atoms in total. The number of urea groups is 1. The first-order valence-corrected chi connectivity index (χ1v) is 9.31. The van der Waals surface area contributed by atoms with E-state index in [1.807, 2.05) is 18.2 Å². The second-order valence-corrected chi connectivity index (χ2v) is 6.60. The molecule has 8 heteroatoms. The molecule has 3 rings (SSSR count). The highest BCUT2D eigenvalue weighted by Gasteiger charge is 2.51. The molecule has 1 aliphatic rings. The highest BCUT2D eigenvalue weighted by molar-refractivity contribution is 6.09. The number of benzene rings is 2. The number of ether oxygens (including phenoxy) is 1. The molecule has 2 aromatic rings. The van der Waals surface area contributed by atoms with Crippen LogP contribution >= 0.6 is 0 Å². The van der Waals surface area contributed by atoms with E-state index >= 15 is 0 Å². The van der Waals surface area contributed by atoms with Gasteiger partial charge in [-0.1, -0.05) is 37.3 Å². The van der Waals surface area contributed by atoms with E-state index in [1.54, 1.807) is 19.1 Å². The van der Waals surface area contributed by atoms with Gasteiger partial charge in [0.05, 0.1) is 6.54 Å². The van der Waals surface area contributed by atoms with Crippen molar-refractivity contribution in [1.29, 1.82) is 0 Å². The fraction of sp³-hybridized carbons (Fsp3) is 0.286. The number of rotatable bonds is 8. The zero-order valence-corrected chi connectivity index (χ0v) is 16.0. The summed E-state index contributed by atoms with van der Waals surface area (Å²) in [6.07, 6.45) is 0.270. The molecule has 1 aliphatic heterocycles. The maximum absolute atomic E-state index is 13.2. The van der Waals surface area contributed by atoms with Crippen LogP contribution in [0.5, 0.6) is 5.75 Å². The zero-order valence-electron chi connectivity index (χ0n) is 16.0. The normalized spacial score (nSPS) is 18.5. The Hall–Kier alpha value is -3.42. The van der Waals surface area contributed by atoms with Crippen LogP contribution in [0.2, 0.25) is 0 Å². The van der Waals surface area contributed by atoms with Gasteiger partial charge < -0.3 is 15.4 Å². The average Bonchev–Trinajstić information content (AvgIpc) is 2.97. The van der Waals surface area contributed by atoms with Crippen molar-refractivity contribution in [1.82, 2.24) is 15.5 Å². The van der Waals surface area contributed by atoms with Gasteiger partial charge in [-0.2, -0.15) is 0 Å². The molecule has 0 spiro atoms. The summed E-state index contributed by atoms with van der Waals surface area (Å²) in [6.45, 7) is 1.82. The summed E-state index contributed by atoms with van der Waals surface area (Å²) >= 11 is 0. The number of hydrogen-bond acceptors (Lipinski definition) is 4. The third-order valence-electron chi connectivity index (χ3n) is 4.78. The summed E-state index contributed by atoms with van der Waals surface area (Å²) in [6, 6.07) is 13.9. The summed E-state index contributed by atoms with van der Waals surface area (Å²) in [5.74, 6) is -0.767. The maximum Gasteiger partial charge on any atom is 0.325 e. The molecule has 0 unspecified atom stereocenters. The standard InChI is InChI=1S/C21H22FN3O4/c1-2-21(15-8-10-16(22)11-9-15)19(27)25(20(28)24-21)14-18(26)23-12-13-29-17-6-4-3-5-7-17/h3-11H,2,12-14H2,1H3,(H,23,26)(H,24,28)/t21-/m1/s1. The Morgan fingerprint density at radius 3 is 2.48 bits per heavy atom. The van der Waals surface area contributed by atoms with Crippen molar-refractivity contribution in [2.24, 2.45) is 0 Å². The van der Waals surface area contributed by atoms with Crippen molar-refractivity contribution in [2.45, 2.75) is 18.9 Å². The minimum Gasteiger partial charge on any atom is -0.492 e. The van der Waals surface area contributed by atoms with Crippen molar-refractivity contribution in [2.75, 3.05) is 19.7 Å². The van der Waals surface area contributed by atoms with Crippen molar-refractivity contribution in [3.63, 3.8) is 0 Å². The number of imide groups is 1. The molecule has 2 N–H and O–H groups in total. The predicted octanol–water partition coefficient (Wildman–Crippen LogP) is 2.18. The van der Waals surface area contributed by atoms with E-state index in [4.69, 9.17) is 4.74 Å². The largest absolute Gasteiger partial charge is 0.492 e. The molecule has 1 heterocycles. The lowest BCUT2D eigenvalue weighted by Gasteiger charge is -2.25. The number of carbonyl (C=O) groups is 3. The Labute approximate surface area is 167 Å². The number of nitrogens with zero attached hydrogens (tertiary/aromatic N) is 1. The lowest BCUT2D eigenvalue weighted by Crippen LogP contribution is -2.45. The van der Waals surface area contributed by atoms with Gasteiger partial charge >= 0.3 is 6.03 Å². The van der Waals surface area contributed by atoms with E-state index in [0.29, 0.717) is 11.3 Å². The number of halogens is 1. The second kappa shape index (κ2) is 8.72. The topological polar surface area (TPSA) is 87.7 Å². The van der Waals surface area contributed by atoms with Gasteiger partial charge in [-0.05, 0) is 36.2 Å². The van der Waals surface area contributed by atoms with Crippen LogP contribution in [0.15, 0.2) is 54.6 Å². The molecule has 0 radical (unpaired) electrons. The van der Waals surface area contributed by atoms with E-state index in [0.717, 1.165) is 4.90 Å². The fourth-order valence-corrected chi connectivity index (χ4v) is 3.22. The number of nitrogens with one attached hydrogen (secondary N) is 2. The van der Waals surface area contributed by atoms with Crippen LogP contribution in [0.3, 0.4) is 0 Å². The quantitative estimate of drug-likeness (QED) is 0.526. The second-order valence-electron chi connectivity index (χ2n) is 6.60. The first-order chi connectivity index (χ1) is 14.0. The van der Waals surface area contributed by atoms with Crippen LogP contribution in [-0.2, 0) is 15.1 Å². The summed E-state index contributed by atoms with van der Waals surface area (Å²) in [7, 11) is 0. The first kappa shape index (κ1) is 20.3. The highest BCUT2D eigenvalue weighted by atomic mass is 19.1. The summed E-state index contributed by atoms with van der Waals surface area (Å²) in [5.41, 5.74) is -0.833. The molecular formula is C21H22FN3O4. The van der Waals surface area contributed by atoms with Gasteiger partial charge in [-0.25, -0.2) is 9.18 Å². The van der Waals surface area contributed by atoms with Crippen LogP contribution in [0.1, 0.15) is 18.9 Å². The minimum atomic E-state index is -1.30. The minimum absolute atomic E-state index is 0.230. The molecular weight excluding hydrogens is 377 g/mol. The van der Waals surface area contributed by atoms with Crippen molar-refractivity contribution in [3.05, 3.63) is 66.0 Å². The zero-order chi connectivity index (χ0) is 20.9. The Morgan fingerprint density at radius 2 is 1.83 bits per heavy atom. The van der Waals surface area contributed by atoms with Crippen LogP contribution in [0.25, 0.3) is 0 Å². The van der Waals surface area contributed by atoms with Gasteiger partial charge in [0, 0.05) is 0 Å². The number of hydrogen-bond donors (Lipinski definition) is 2. The Balaban J connectivity index is 1.57. The number of carbonyl (C=O) groups excluding carboxylic acids is 3. The third kappa shape index (κ3) is 4.37. The first-order valence-electron chi connectivity index (χ1n) is 9.31. The predicted molar refractivity (Wildman–Crippen MR) is 104 cm³/mol. The van der Waals surface area contributed by atoms with Gasteiger partial charge in [0.1, 0.15) is 30.3 Å². The van der Waals surface area contributed by atoms with Crippen LogP contribution < -0.4 is 15.4 Å². The van der Waals surface area contributed by atoms with Gasteiger partial charge in [0.15, 0.2) is 0 Å². The van der Waals surface area contributed by atoms with E-state index in [2.05, 4.69) is 10.6 Å². The molecule has 1 fully saturated rings. The van der Waals surface area contributed by atoms with Crippen LogP contribution in [0.4, 0.5) is 9.18 Å². The summed E-state index contributed by atoms with van der Waals surface area (Å²) < 4.78 is 18.7. The fourth-order valence-electron chi connectivity index (χ4n) is 3.22. The molecule has 1 saturated heterocycles. The summed E-state index contributed by atoms with van der Waals surface area (Å²) in [5, 5.41) is 5.28. The van der Waals surface area contributed by atoms with Gasteiger partial charge in [-0.15, -0.1) is 0 Å². The van der Waals surface area contributed by atoms with Crippen molar-refractivity contribution >= 4 is 17.8 Å². The van der Waals surface area contributed by atoms with E-state index in [-0.39, 0.29) is 19.6 Å². The van der Waals surface area contributed by atoms with Gasteiger partial charge in [-0.3, -0.25) is 14.5 Å². The number of para-hydroxylation sites is 1. The molecule has 0 saturated carbocycles. The van der Waals surface area contributed by atoms with Gasteiger partial charge in [0.25, 0.3) is 5.91 Å². The van der Waals surface area contributed by atoms with E-state index in [9.17, 15) is 18.8 Å². The van der Waals surface area contributed by atoms with Crippen molar-refractivity contribution < 1.29 is 23.5 Å². The maximum atomic E-state index is 13.2. The van der Waals surface area contributed by atoms with Gasteiger partial charge in [0.2, 0.25) is 5.91 Å². The molecule has 0 bridgehead atoms. The van der Waals surface area contributed by atoms with Crippen LogP contribution in [-0.4, -0.2) is 42.4 Å². The monoisotopic (exact) mass is 399 g/mol. The van der Waals surface area contributed by atoms with E-state index < -0.39 is 35.7 Å². The van der Waals surface area contributed by atoms with Crippen molar-refractivity contribution in [3.8, 4) is 5.75 Å². The molecule has 29 heavy (non-hydrogen) atoms. The van der Waals surface area contributed by atoms with E-state index in [1.165, 1.54) is 24.3 Å². The Bertz CT molecular complexity index is 889. The Morgan fingerprint density at radius 1 is 1.14 bits per heavy atom. The molecule has 0 aromatic heterocycles. The molecule has 0 aliphatic carbocycles. The Kier molecular flexibility index (Phi) is 6.11. The molecule has 4 amide bonds. The van der Waals surface area contributed by atoms with Crippen LogP contribution in [0, 0.1) is 5.82 Å². The molecule has 152 valence electrons. The summed E-state index contributed by atoms with van der Waals surface area (Å²) in [4.78, 5) is 38.4. The number of amides is 4.